The van der Waals surface area contributed by atoms with Gasteiger partial charge in [0, 0.05) is 32.6 Å². The molecule has 7 nitrogen and oxygen atoms in total. The first-order valence-corrected chi connectivity index (χ1v) is 10.6. The van der Waals surface area contributed by atoms with Gasteiger partial charge in [0.25, 0.3) is 0 Å². The molecule has 2 atom stereocenters. The van der Waals surface area contributed by atoms with Gasteiger partial charge in [0.15, 0.2) is 0 Å². The predicted molar refractivity (Wildman–Crippen MR) is 112 cm³/mol. The summed E-state index contributed by atoms with van der Waals surface area (Å²) in [5, 5.41) is 5.85. The van der Waals surface area contributed by atoms with Crippen LogP contribution >= 0.6 is 12.4 Å². The van der Waals surface area contributed by atoms with Crippen LogP contribution in [0.1, 0.15) is 39.5 Å². The van der Waals surface area contributed by atoms with Gasteiger partial charge in [0.2, 0.25) is 15.9 Å². The lowest BCUT2D eigenvalue weighted by Gasteiger charge is -2.20. The molecule has 0 bridgehead atoms. The first kappa shape index (κ1) is 23.7. The maximum atomic E-state index is 12.7. The largest absolute Gasteiger partial charge is 0.386 e. The molecular formula is C18H31ClN4O3S. The Morgan fingerprint density at radius 3 is 2.41 bits per heavy atom. The third kappa shape index (κ3) is 5.57. The van der Waals surface area contributed by atoms with Gasteiger partial charge in [-0.05, 0) is 37.0 Å². The topological polar surface area (TPSA) is 105 Å². The van der Waals surface area contributed by atoms with Crippen LogP contribution in [0.3, 0.4) is 0 Å². The predicted octanol–water partition coefficient (Wildman–Crippen LogP) is 2.64. The first-order valence-electron chi connectivity index (χ1n) is 9.20. The van der Waals surface area contributed by atoms with E-state index < -0.39 is 10.0 Å². The highest BCUT2D eigenvalue weighted by Crippen LogP contribution is 2.30. The lowest BCUT2D eigenvalue weighted by molar-refractivity contribution is -0.117. The molecule has 9 heteroatoms. The smallest absolute Gasteiger partial charge is 0.243 e. The molecule has 0 radical (unpaired) electrons. The van der Waals surface area contributed by atoms with Crippen molar-refractivity contribution in [1.82, 2.24) is 4.31 Å². The SMILES string of the molecule is CCN(CC)S(=O)(=O)c1ccc(NC)c(NC(=O)C[C@@H]2CCC[C@H]2N)c1.Cl. The van der Waals surface area contributed by atoms with E-state index in [2.05, 4.69) is 10.6 Å². The number of benzene rings is 1. The zero-order valence-corrected chi connectivity index (χ0v) is 17.8. The molecule has 1 aliphatic carbocycles. The lowest BCUT2D eigenvalue weighted by atomic mass is 10.00. The monoisotopic (exact) mass is 418 g/mol. The number of nitrogens with two attached hydrogens (primary N) is 1. The molecule has 1 aliphatic rings. The number of anilines is 2. The zero-order valence-electron chi connectivity index (χ0n) is 16.2. The molecule has 0 unspecified atom stereocenters. The molecule has 0 aliphatic heterocycles. The molecule has 0 saturated heterocycles. The number of sulfonamides is 1. The Bertz CT molecular complexity index is 738. The van der Waals surface area contributed by atoms with Crippen molar-refractivity contribution in [3.63, 3.8) is 0 Å². The number of carbonyl (C=O) groups excluding carboxylic acids is 1. The Balaban J connectivity index is 0.00000364. The van der Waals surface area contributed by atoms with E-state index in [4.69, 9.17) is 5.73 Å². The average Bonchev–Trinajstić information content (AvgIpc) is 3.00. The van der Waals surface area contributed by atoms with Crippen molar-refractivity contribution in [2.45, 2.75) is 50.5 Å². The number of hydrogen-bond acceptors (Lipinski definition) is 5. The second-order valence-electron chi connectivity index (χ2n) is 6.65. The molecule has 1 aromatic rings. The van der Waals surface area contributed by atoms with Crippen LogP contribution in [-0.2, 0) is 14.8 Å². The van der Waals surface area contributed by atoms with Crippen molar-refractivity contribution in [3.05, 3.63) is 18.2 Å². The van der Waals surface area contributed by atoms with Gasteiger partial charge in [-0.25, -0.2) is 8.42 Å². The van der Waals surface area contributed by atoms with Gasteiger partial charge in [-0.15, -0.1) is 12.4 Å². The van der Waals surface area contributed by atoms with E-state index in [0.717, 1.165) is 19.3 Å². The highest BCUT2D eigenvalue weighted by atomic mass is 35.5. The fourth-order valence-corrected chi connectivity index (χ4v) is 4.96. The van der Waals surface area contributed by atoms with E-state index in [9.17, 15) is 13.2 Å². The van der Waals surface area contributed by atoms with Crippen molar-refractivity contribution in [3.8, 4) is 0 Å². The Labute approximate surface area is 168 Å². The molecular weight excluding hydrogens is 388 g/mol. The van der Waals surface area contributed by atoms with Gasteiger partial charge in [-0.3, -0.25) is 4.79 Å². The standard InChI is InChI=1S/C18H30N4O3S.ClH/c1-4-22(5-2)26(24,25)14-9-10-16(20-3)17(12-14)21-18(23)11-13-7-6-8-15(13)19;/h9-10,12-13,15,20H,4-8,11,19H2,1-3H3,(H,21,23);1H/t13-,15+;/m0./s1. The van der Waals surface area contributed by atoms with E-state index in [1.165, 1.54) is 10.4 Å². The van der Waals surface area contributed by atoms with Gasteiger partial charge in [-0.1, -0.05) is 20.3 Å². The van der Waals surface area contributed by atoms with Crippen molar-refractivity contribution >= 4 is 39.7 Å². The van der Waals surface area contributed by atoms with E-state index in [1.54, 1.807) is 33.0 Å². The van der Waals surface area contributed by atoms with Crippen LogP contribution in [0.4, 0.5) is 11.4 Å². The molecule has 2 rings (SSSR count). The number of halogens is 1. The van der Waals surface area contributed by atoms with Crippen molar-refractivity contribution in [2.75, 3.05) is 30.8 Å². The van der Waals surface area contributed by atoms with Gasteiger partial charge >= 0.3 is 0 Å². The Morgan fingerprint density at radius 2 is 1.89 bits per heavy atom. The van der Waals surface area contributed by atoms with Crippen LogP contribution in [0.2, 0.25) is 0 Å². The van der Waals surface area contributed by atoms with Crippen LogP contribution in [0.15, 0.2) is 23.1 Å². The maximum absolute atomic E-state index is 12.7. The van der Waals surface area contributed by atoms with Crippen LogP contribution < -0.4 is 16.4 Å². The quantitative estimate of drug-likeness (QED) is 0.601. The molecule has 27 heavy (non-hydrogen) atoms. The van der Waals surface area contributed by atoms with Crippen LogP contribution in [0, 0.1) is 5.92 Å². The summed E-state index contributed by atoms with van der Waals surface area (Å²) in [6, 6.07) is 4.82. The van der Waals surface area contributed by atoms with Gasteiger partial charge in [-0.2, -0.15) is 4.31 Å². The molecule has 0 spiro atoms. The summed E-state index contributed by atoms with van der Waals surface area (Å²) < 4.78 is 26.9. The lowest BCUT2D eigenvalue weighted by Crippen LogP contribution is -2.31. The van der Waals surface area contributed by atoms with Crippen LogP contribution in [0.5, 0.6) is 0 Å². The Kier molecular flexibility index (Phi) is 9.01. The second kappa shape index (κ2) is 10.3. The molecule has 0 aromatic heterocycles. The van der Waals surface area contributed by atoms with Gasteiger partial charge in [0.05, 0.1) is 16.3 Å². The highest BCUT2D eigenvalue weighted by molar-refractivity contribution is 7.89. The third-order valence-electron chi connectivity index (χ3n) is 5.04. The number of nitrogens with one attached hydrogen (secondary N) is 2. The number of carbonyl (C=O) groups is 1. The summed E-state index contributed by atoms with van der Waals surface area (Å²) in [5.74, 6) is 0.0527. The van der Waals surface area contributed by atoms with Crippen molar-refractivity contribution < 1.29 is 13.2 Å². The van der Waals surface area contributed by atoms with E-state index >= 15 is 0 Å². The van der Waals surface area contributed by atoms with E-state index in [-0.39, 0.29) is 35.2 Å². The fourth-order valence-electron chi connectivity index (χ4n) is 3.48. The molecule has 4 N–H and O–H groups in total. The van der Waals surface area contributed by atoms with E-state index in [1.807, 2.05) is 0 Å². The Hall–Kier alpha value is -1.35. The molecule has 154 valence electrons. The molecule has 1 amide bonds. The summed E-state index contributed by atoms with van der Waals surface area (Å²) in [6.07, 6.45) is 3.33. The highest BCUT2D eigenvalue weighted by Gasteiger charge is 2.27. The minimum atomic E-state index is -3.58. The second-order valence-corrected chi connectivity index (χ2v) is 8.59. The summed E-state index contributed by atoms with van der Waals surface area (Å²) in [6.45, 7) is 4.40. The molecule has 0 heterocycles. The normalized spacial score (nSPS) is 19.6. The fraction of sp³-hybridized carbons (Fsp3) is 0.611. The summed E-state index contributed by atoms with van der Waals surface area (Å²) in [5.41, 5.74) is 7.19. The average molecular weight is 419 g/mol. The summed E-state index contributed by atoms with van der Waals surface area (Å²) >= 11 is 0. The molecule has 1 fully saturated rings. The minimum absolute atomic E-state index is 0. The zero-order chi connectivity index (χ0) is 19.3. The van der Waals surface area contributed by atoms with Crippen molar-refractivity contribution in [1.29, 1.82) is 0 Å². The minimum Gasteiger partial charge on any atom is -0.386 e. The van der Waals surface area contributed by atoms with Crippen LogP contribution in [-0.4, -0.2) is 44.8 Å². The summed E-state index contributed by atoms with van der Waals surface area (Å²) in [7, 11) is -1.85. The number of hydrogen-bond donors (Lipinski definition) is 3. The maximum Gasteiger partial charge on any atom is 0.243 e. The van der Waals surface area contributed by atoms with Gasteiger partial charge in [0.1, 0.15) is 0 Å². The number of nitrogens with zero attached hydrogens (tertiary/aromatic N) is 1. The number of amides is 1. The first-order chi connectivity index (χ1) is 12.3. The van der Waals surface area contributed by atoms with Crippen molar-refractivity contribution in [2.24, 2.45) is 11.7 Å². The van der Waals surface area contributed by atoms with Crippen LogP contribution in [0.25, 0.3) is 0 Å². The molecule has 1 aromatic carbocycles. The number of rotatable bonds is 8. The third-order valence-corrected chi connectivity index (χ3v) is 7.09. The van der Waals surface area contributed by atoms with E-state index in [0.29, 0.717) is 30.9 Å². The Morgan fingerprint density at radius 1 is 1.22 bits per heavy atom. The van der Waals surface area contributed by atoms with Gasteiger partial charge < -0.3 is 16.4 Å². The molecule has 1 saturated carbocycles. The summed E-state index contributed by atoms with van der Waals surface area (Å²) in [4.78, 5) is 12.6.